The van der Waals surface area contributed by atoms with E-state index in [0.717, 1.165) is 18.9 Å². The van der Waals surface area contributed by atoms with Crippen LogP contribution in [0.2, 0.25) is 0 Å². The maximum atomic E-state index is 12.2. The van der Waals surface area contributed by atoms with Crippen molar-refractivity contribution in [2.45, 2.75) is 19.1 Å². The van der Waals surface area contributed by atoms with E-state index >= 15 is 0 Å². The normalized spacial score (nSPS) is 18.7. The van der Waals surface area contributed by atoms with Crippen LogP contribution in [0.15, 0.2) is 36.7 Å². The van der Waals surface area contributed by atoms with E-state index in [2.05, 4.69) is 37.5 Å². The molecule has 0 spiro atoms. The Bertz CT molecular complexity index is 602. The van der Waals surface area contributed by atoms with E-state index in [-0.39, 0.29) is 5.91 Å². The van der Waals surface area contributed by atoms with Crippen LogP contribution in [0.25, 0.3) is 0 Å². The van der Waals surface area contributed by atoms with Gasteiger partial charge in [0, 0.05) is 32.6 Å². The highest BCUT2D eigenvalue weighted by Gasteiger charge is 2.26. The minimum atomic E-state index is -0.415. The molecule has 1 aromatic heterocycles. The molecule has 3 rings (SSSR count). The summed E-state index contributed by atoms with van der Waals surface area (Å²) in [6.07, 6.45) is 1.68. The van der Waals surface area contributed by atoms with E-state index in [9.17, 15) is 4.79 Å². The van der Waals surface area contributed by atoms with Crippen LogP contribution in [0, 0.1) is 0 Å². The quantitative estimate of drug-likeness (QED) is 0.804. The number of ether oxygens (including phenoxy) is 1. The fourth-order valence-electron chi connectivity index (χ4n) is 2.62. The van der Waals surface area contributed by atoms with Gasteiger partial charge in [-0.05, 0) is 5.56 Å². The van der Waals surface area contributed by atoms with Crippen molar-refractivity contribution in [3.05, 3.63) is 48.0 Å². The molecular weight excluding hydrogens is 294 g/mol. The van der Waals surface area contributed by atoms with Gasteiger partial charge in [0.2, 0.25) is 5.91 Å². The molecule has 0 radical (unpaired) electrons. The van der Waals surface area contributed by atoms with Gasteiger partial charge in [0.15, 0.2) is 0 Å². The summed E-state index contributed by atoms with van der Waals surface area (Å²) >= 11 is 0. The van der Waals surface area contributed by atoms with Gasteiger partial charge in [-0.25, -0.2) is 4.98 Å². The number of benzene rings is 1. The molecule has 2 N–H and O–H groups in total. The van der Waals surface area contributed by atoms with Crippen LogP contribution >= 0.6 is 0 Å². The van der Waals surface area contributed by atoms with Crippen molar-refractivity contribution in [3.8, 4) is 0 Å². The molecule has 1 saturated heterocycles. The predicted molar refractivity (Wildman–Crippen MR) is 84.6 cm³/mol. The Morgan fingerprint density at radius 2 is 2.26 bits per heavy atom. The summed E-state index contributed by atoms with van der Waals surface area (Å²) in [6, 6.07) is 10.3. The third kappa shape index (κ3) is 4.61. The van der Waals surface area contributed by atoms with Crippen LogP contribution < -0.4 is 5.32 Å². The molecule has 1 atom stereocenters. The third-order valence-electron chi connectivity index (χ3n) is 3.82. The lowest BCUT2D eigenvalue weighted by Crippen LogP contribution is -2.49. The summed E-state index contributed by atoms with van der Waals surface area (Å²) in [7, 11) is 0. The predicted octanol–water partition coefficient (Wildman–Crippen LogP) is 0.364. The van der Waals surface area contributed by atoms with E-state index in [0.29, 0.717) is 26.1 Å². The van der Waals surface area contributed by atoms with Crippen LogP contribution in [-0.4, -0.2) is 58.3 Å². The van der Waals surface area contributed by atoms with Crippen LogP contribution in [0.3, 0.4) is 0 Å². The lowest BCUT2D eigenvalue weighted by Gasteiger charge is -2.32. The molecule has 23 heavy (non-hydrogen) atoms. The Morgan fingerprint density at radius 1 is 1.39 bits per heavy atom. The molecule has 1 aliphatic heterocycles. The minimum absolute atomic E-state index is 0.0673. The molecule has 1 amide bonds. The standard InChI is InChI=1S/C16H21N5O2/c22-16(17-7-6-15-18-12-19-20-15)14-11-21(8-9-23-14)10-13-4-2-1-3-5-13/h1-5,12,14H,6-11H2,(H,17,22)(H,18,19,20)/t14-/m1/s1. The Morgan fingerprint density at radius 3 is 3.04 bits per heavy atom. The topological polar surface area (TPSA) is 83.1 Å². The maximum Gasteiger partial charge on any atom is 0.250 e. The molecule has 1 aromatic carbocycles. The van der Waals surface area contributed by atoms with Gasteiger partial charge in [0.05, 0.1) is 6.61 Å². The molecule has 0 aliphatic carbocycles. The smallest absolute Gasteiger partial charge is 0.250 e. The van der Waals surface area contributed by atoms with Crippen molar-refractivity contribution in [2.75, 3.05) is 26.2 Å². The van der Waals surface area contributed by atoms with E-state index in [4.69, 9.17) is 4.74 Å². The minimum Gasteiger partial charge on any atom is -0.366 e. The summed E-state index contributed by atoms with van der Waals surface area (Å²) in [5, 5.41) is 9.45. The van der Waals surface area contributed by atoms with Crippen molar-refractivity contribution in [1.82, 2.24) is 25.4 Å². The van der Waals surface area contributed by atoms with Crippen LogP contribution in [0.5, 0.6) is 0 Å². The molecule has 2 aromatic rings. The molecule has 2 heterocycles. The van der Waals surface area contributed by atoms with Crippen LogP contribution in [0.1, 0.15) is 11.4 Å². The van der Waals surface area contributed by atoms with E-state index in [1.54, 1.807) is 0 Å². The summed E-state index contributed by atoms with van der Waals surface area (Å²) in [5.41, 5.74) is 1.25. The Balaban J connectivity index is 1.44. The number of carbonyl (C=O) groups excluding carboxylic acids is 1. The Kier molecular flexibility index (Phi) is 5.33. The van der Waals surface area contributed by atoms with Gasteiger partial charge in [-0.15, -0.1) is 0 Å². The zero-order valence-electron chi connectivity index (χ0n) is 12.9. The van der Waals surface area contributed by atoms with Gasteiger partial charge >= 0.3 is 0 Å². The molecule has 0 bridgehead atoms. The fourth-order valence-corrected chi connectivity index (χ4v) is 2.62. The summed E-state index contributed by atoms with van der Waals surface area (Å²) in [4.78, 5) is 18.5. The number of amides is 1. The van der Waals surface area contributed by atoms with Crippen molar-refractivity contribution in [2.24, 2.45) is 0 Å². The van der Waals surface area contributed by atoms with Crippen molar-refractivity contribution in [3.63, 3.8) is 0 Å². The zero-order chi connectivity index (χ0) is 15.9. The highest BCUT2D eigenvalue weighted by atomic mass is 16.5. The molecule has 1 fully saturated rings. The van der Waals surface area contributed by atoms with Gasteiger partial charge in [-0.2, -0.15) is 5.10 Å². The first-order chi connectivity index (χ1) is 11.3. The number of H-pyrrole nitrogens is 1. The number of rotatable bonds is 6. The van der Waals surface area contributed by atoms with Gasteiger partial charge < -0.3 is 10.1 Å². The van der Waals surface area contributed by atoms with Crippen molar-refractivity contribution >= 4 is 5.91 Å². The van der Waals surface area contributed by atoms with Gasteiger partial charge in [0.1, 0.15) is 18.3 Å². The van der Waals surface area contributed by atoms with Crippen LogP contribution in [-0.2, 0) is 22.5 Å². The fraction of sp³-hybridized carbons (Fsp3) is 0.438. The van der Waals surface area contributed by atoms with Gasteiger partial charge in [0.25, 0.3) is 0 Å². The number of hydrogen-bond acceptors (Lipinski definition) is 5. The molecule has 122 valence electrons. The first kappa shape index (κ1) is 15.6. The lowest BCUT2D eigenvalue weighted by molar-refractivity contribution is -0.138. The Labute approximate surface area is 135 Å². The van der Waals surface area contributed by atoms with E-state index < -0.39 is 6.10 Å². The highest BCUT2D eigenvalue weighted by Crippen LogP contribution is 2.10. The number of nitrogens with one attached hydrogen (secondary N) is 2. The lowest BCUT2D eigenvalue weighted by atomic mass is 10.2. The maximum absolute atomic E-state index is 12.2. The monoisotopic (exact) mass is 315 g/mol. The second kappa shape index (κ2) is 7.85. The number of carbonyl (C=O) groups is 1. The first-order valence-electron chi connectivity index (χ1n) is 7.81. The van der Waals surface area contributed by atoms with Crippen molar-refractivity contribution in [1.29, 1.82) is 0 Å². The van der Waals surface area contributed by atoms with Crippen LogP contribution in [0.4, 0.5) is 0 Å². The summed E-state index contributed by atoms with van der Waals surface area (Å²) in [6.45, 7) is 3.39. The van der Waals surface area contributed by atoms with Gasteiger partial charge in [-0.3, -0.25) is 14.8 Å². The molecule has 1 aliphatic rings. The average Bonchev–Trinajstić information content (AvgIpc) is 3.09. The van der Waals surface area contributed by atoms with Crippen molar-refractivity contribution < 1.29 is 9.53 Å². The van der Waals surface area contributed by atoms with E-state index in [1.165, 1.54) is 11.9 Å². The molecular formula is C16H21N5O2. The second-order valence-electron chi connectivity index (χ2n) is 5.55. The summed E-state index contributed by atoms with van der Waals surface area (Å²) in [5.74, 6) is 0.697. The molecule has 0 unspecified atom stereocenters. The average molecular weight is 315 g/mol. The highest BCUT2D eigenvalue weighted by molar-refractivity contribution is 5.81. The number of morpholine rings is 1. The number of aromatic amines is 1. The summed E-state index contributed by atoms with van der Waals surface area (Å²) < 4.78 is 5.61. The zero-order valence-corrected chi connectivity index (χ0v) is 12.9. The Hall–Kier alpha value is -2.25. The number of aromatic nitrogens is 3. The first-order valence-corrected chi connectivity index (χ1v) is 7.81. The third-order valence-corrected chi connectivity index (χ3v) is 3.82. The SMILES string of the molecule is O=C(NCCc1ncn[nH]1)[C@H]1CN(Cc2ccccc2)CCO1. The molecule has 7 nitrogen and oxygen atoms in total. The number of nitrogens with zero attached hydrogens (tertiary/aromatic N) is 3. The van der Waals surface area contributed by atoms with Gasteiger partial charge in [-0.1, -0.05) is 30.3 Å². The largest absolute Gasteiger partial charge is 0.366 e. The molecule has 0 saturated carbocycles. The second-order valence-corrected chi connectivity index (χ2v) is 5.55. The molecule has 7 heteroatoms. The number of hydrogen-bond donors (Lipinski definition) is 2. The van der Waals surface area contributed by atoms with E-state index in [1.807, 2.05) is 18.2 Å².